The van der Waals surface area contributed by atoms with Crippen molar-refractivity contribution in [2.24, 2.45) is 5.92 Å². The summed E-state index contributed by atoms with van der Waals surface area (Å²) in [5.74, 6) is -0.807. The van der Waals surface area contributed by atoms with Crippen LogP contribution in [0, 0.1) is 23.0 Å². The van der Waals surface area contributed by atoms with Gasteiger partial charge in [0, 0.05) is 17.5 Å². The summed E-state index contributed by atoms with van der Waals surface area (Å²) >= 11 is 0. The molecule has 0 unspecified atom stereocenters. The maximum Gasteiger partial charge on any atom is 0.273 e. The van der Waals surface area contributed by atoms with E-state index in [1.807, 2.05) is 0 Å². The zero-order valence-corrected chi connectivity index (χ0v) is 10.3. The van der Waals surface area contributed by atoms with E-state index in [0.717, 1.165) is 12.8 Å². The Morgan fingerprint density at radius 1 is 1.32 bits per heavy atom. The van der Waals surface area contributed by atoms with Crippen LogP contribution in [-0.2, 0) is 4.79 Å². The number of hydrogen-bond donors (Lipinski definition) is 2. The number of rotatable bonds is 3. The normalized spacial score (nSPS) is 13.7. The number of carbonyl (C=O) groups is 2. The van der Waals surface area contributed by atoms with E-state index < -0.39 is 10.8 Å². The third-order valence-electron chi connectivity index (χ3n) is 2.99. The zero-order valence-electron chi connectivity index (χ0n) is 10.3. The van der Waals surface area contributed by atoms with E-state index in [-0.39, 0.29) is 28.6 Å². The van der Waals surface area contributed by atoms with Crippen molar-refractivity contribution in [3.63, 3.8) is 0 Å². The van der Waals surface area contributed by atoms with Crippen LogP contribution < -0.4 is 10.9 Å². The van der Waals surface area contributed by atoms with Gasteiger partial charge in [0.05, 0.1) is 10.5 Å². The number of hydrazine groups is 1. The van der Waals surface area contributed by atoms with Gasteiger partial charge in [-0.05, 0) is 25.8 Å². The van der Waals surface area contributed by atoms with Crippen molar-refractivity contribution < 1.29 is 14.5 Å². The highest BCUT2D eigenvalue weighted by molar-refractivity contribution is 5.97. The van der Waals surface area contributed by atoms with E-state index in [4.69, 9.17) is 0 Å². The highest BCUT2D eigenvalue weighted by Crippen LogP contribution is 2.28. The molecule has 7 heteroatoms. The van der Waals surface area contributed by atoms with Crippen LogP contribution in [0.1, 0.15) is 28.8 Å². The van der Waals surface area contributed by atoms with Crippen molar-refractivity contribution >= 4 is 17.5 Å². The van der Waals surface area contributed by atoms with E-state index >= 15 is 0 Å². The molecule has 2 N–H and O–H groups in total. The molecule has 0 aliphatic heterocycles. The number of amides is 2. The molecule has 0 radical (unpaired) electrons. The summed E-state index contributed by atoms with van der Waals surface area (Å²) in [5, 5.41) is 10.8. The standard InChI is InChI=1S/C12H13N3O4/c1-7-9(3-2-4-10(7)15(18)19)12(17)14-13-11(16)8-5-6-8/h2-4,8H,5-6H2,1H3,(H,13,16)(H,14,17). The van der Waals surface area contributed by atoms with Crippen molar-refractivity contribution in [1.82, 2.24) is 10.9 Å². The maximum atomic E-state index is 11.8. The van der Waals surface area contributed by atoms with Gasteiger partial charge in [0.15, 0.2) is 0 Å². The molecular formula is C12H13N3O4. The molecule has 1 saturated carbocycles. The summed E-state index contributed by atoms with van der Waals surface area (Å²) < 4.78 is 0. The number of hydrogen-bond acceptors (Lipinski definition) is 4. The van der Waals surface area contributed by atoms with Crippen LogP contribution in [0.25, 0.3) is 0 Å². The van der Waals surface area contributed by atoms with Gasteiger partial charge in [0.1, 0.15) is 0 Å². The van der Waals surface area contributed by atoms with Crippen molar-refractivity contribution in [3.8, 4) is 0 Å². The van der Waals surface area contributed by atoms with Gasteiger partial charge in [-0.25, -0.2) is 0 Å². The Balaban J connectivity index is 2.08. The van der Waals surface area contributed by atoms with Crippen LogP contribution in [-0.4, -0.2) is 16.7 Å². The second kappa shape index (κ2) is 5.05. The van der Waals surface area contributed by atoms with Crippen molar-refractivity contribution in [3.05, 3.63) is 39.4 Å². The topological polar surface area (TPSA) is 101 Å². The molecule has 1 fully saturated rings. The molecule has 0 aromatic heterocycles. The molecule has 100 valence electrons. The summed E-state index contributed by atoms with van der Waals surface area (Å²) in [6, 6.07) is 4.23. The minimum Gasteiger partial charge on any atom is -0.273 e. The molecule has 0 bridgehead atoms. The van der Waals surface area contributed by atoms with Crippen molar-refractivity contribution in [2.75, 3.05) is 0 Å². The second-order valence-corrected chi connectivity index (χ2v) is 4.42. The number of nitro groups is 1. The molecule has 1 aromatic rings. The predicted molar refractivity (Wildman–Crippen MR) is 66.2 cm³/mol. The van der Waals surface area contributed by atoms with Crippen molar-refractivity contribution in [1.29, 1.82) is 0 Å². The second-order valence-electron chi connectivity index (χ2n) is 4.42. The van der Waals surface area contributed by atoms with E-state index in [1.165, 1.54) is 25.1 Å². The Morgan fingerprint density at radius 3 is 2.58 bits per heavy atom. The lowest BCUT2D eigenvalue weighted by Gasteiger charge is -2.08. The van der Waals surface area contributed by atoms with E-state index in [9.17, 15) is 19.7 Å². The molecule has 0 saturated heterocycles. The fourth-order valence-electron chi connectivity index (χ4n) is 1.70. The van der Waals surface area contributed by atoms with Gasteiger partial charge in [-0.3, -0.25) is 30.6 Å². The molecule has 7 nitrogen and oxygen atoms in total. The molecule has 1 aliphatic carbocycles. The first kappa shape index (κ1) is 13.0. The van der Waals surface area contributed by atoms with E-state index in [0.29, 0.717) is 0 Å². The zero-order chi connectivity index (χ0) is 14.0. The number of carbonyl (C=O) groups excluding carboxylic acids is 2. The Bertz CT molecular complexity index is 552. The fraction of sp³-hybridized carbons (Fsp3) is 0.333. The lowest BCUT2D eigenvalue weighted by molar-refractivity contribution is -0.385. The van der Waals surface area contributed by atoms with Crippen LogP contribution in [0.3, 0.4) is 0 Å². The van der Waals surface area contributed by atoms with Gasteiger partial charge < -0.3 is 0 Å². The molecule has 1 aliphatic rings. The highest BCUT2D eigenvalue weighted by Gasteiger charge is 2.30. The third-order valence-corrected chi connectivity index (χ3v) is 2.99. The molecule has 2 rings (SSSR count). The molecule has 0 heterocycles. The first-order valence-corrected chi connectivity index (χ1v) is 5.85. The molecule has 19 heavy (non-hydrogen) atoms. The summed E-state index contributed by atoms with van der Waals surface area (Å²) in [7, 11) is 0. The average molecular weight is 263 g/mol. The smallest absolute Gasteiger partial charge is 0.273 e. The van der Waals surface area contributed by atoms with Gasteiger partial charge >= 0.3 is 0 Å². The molecule has 0 atom stereocenters. The Morgan fingerprint density at radius 2 is 2.00 bits per heavy atom. The van der Waals surface area contributed by atoms with Crippen LogP contribution in [0.4, 0.5) is 5.69 Å². The third kappa shape index (κ3) is 2.87. The minimum atomic E-state index is -0.560. The SMILES string of the molecule is Cc1c(C(=O)NNC(=O)C2CC2)cccc1[N+](=O)[O-]. The first-order chi connectivity index (χ1) is 9.00. The van der Waals surface area contributed by atoms with Crippen molar-refractivity contribution in [2.45, 2.75) is 19.8 Å². The number of nitro benzene ring substituents is 1. The maximum absolute atomic E-state index is 11.8. The number of benzene rings is 1. The molecule has 2 amide bonds. The number of nitrogens with zero attached hydrogens (tertiary/aromatic N) is 1. The summed E-state index contributed by atoms with van der Waals surface area (Å²) in [4.78, 5) is 33.4. The van der Waals surface area contributed by atoms with Crippen LogP contribution >= 0.6 is 0 Å². The minimum absolute atomic E-state index is 0.0218. The van der Waals surface area contributed by atoms with Gasteiger partial charge in [0.2, 0.25) is 5.91 Å². The Kier molecular flexibility index (Phi) is 3.46. The summed E-state index contributed by atoms with van der Waals surface area (Å²) in [6.45, 7) is 1.50. The van der Waals surface area contributed by atoms with Gasteiger partial charge in [-0.1, -0.05) is 6.07 Å². The monoisotopic (exact) mass is 263 g/mol. The molecule has 0 spiro atoms. The van der Waals surface area contributed by atoms with Gasteiger partial charge in [0.25, 0.3) is 11.6 Å². The van der Waals surface area contributed by atoms with Crippen LogP contribution in [0.5, 0.6) is 0 Å². The van der Waals surface area contributed by atoms with E-state index in [1.54, 1.807) is 0 Å². The number of nitrogens with one attached hydrogen (secondary N) is 2. The van der Waals surface area contributed by atoms with Crippen LogP contribution in [0.15, 0.2) is 18.2 Å². The highest BCUT2D eigenvalue weighted by atomic mass is 16.6. The quantitative estimate of drug-likeness (QED) is 0.629. The summed E-state index contributed by atoms with van der Waals surface area (Å²) in [5.41, 5.74) is 4.89. The Labute approximate surface area is 109 Å². The summed E-state index contributed by atoms with van der Waals surface area (Å²) in [6.07, 6.45) is 1.66. The average Bonchev–Trinajstić information content (AvgIpc) is 3.19. The Hall–Kier alpha value is -2.44. The first-order valence-electron chi connectivity index (χ1n) is 5.85. The fourth-order valence-corrected chi connectivity index (χ4v) is 1.70. The predicted octanol–water partition coefficient (Wildman–Crippen LogP) is 1.07. The molecular weight excluding hydrogens is 250 g/mol. The molecule has 1 aromatic carbocycles. The van der Waals surface area contributed by atoms with Gasteiger partial charge in [-0.2, -0.15) is 0 Å². The van der Waals surface area contributed by atoms with Crippen LogP contribution in [0.2, 0.25) is 0 Å². The van der Waals surface area contributed by atoms with Gasteiger partial charge in [-0.15, -0.1) is 0 Å². The largest absolute Gasteiger partial charge is 0.273 e. The van der Waals surface area contributed by atoms with E-state index in [2.05, 4.69) is 10.9 Å². The lowest BCUT2D eigenvalue weighted by atomic mass is 10.1. The lowest BCUT2D eigenvalue weighted by Crippen LogP contribution is -2.42.